The second-order valence-corrected chi connectivity index (χ2v) is 7.94. The Morgan fingerprint density at radius 3 is 1.33 bits per heavy atom. The van der Waals surface area contributed by atoms with Gasteiger partial charge in [0.15, 0.2) is 0 Å². The SMILES string of the molecule is CCCCCCC[Te]CCCCCCC. The predicted octanol–water partition coefficient (Wildman–Crippen LogP) is 5.47. The molecule has 0 amide bonds. The molecule has 0 aromatic carbocycles. The van der Waals surface area contributed by atoms with Crippen molar-refractivity contribution in [3.8, 4) is 0 Å². The summed E-state index contributed by atoms with van der Waals surface area (Å²) in [5.41, 5.74) is 0. The second-order valence-electron chi connectivity index (χ2n) is 4.44. The molecule has 0 rings (SSSR count). The van der Waals surface area contributed by atoms with Gasteiger partial charge in [0.25, 0.3) is 0 Å². The van der Waals surface area contributed by atoms with E-state index in [0.29, 0.717) is 20.9 Å². The number of rotatable bonds is 12. The number of hydrogen-bond acceptors (Lipinski definition) is 0. The van der Waals surface area contributed by atoms with E-state index in [0.717, 1.165) is 0 Å². The summed E-state index contributed by atoms with van der Waals surface area (Å²) in [4.78, 5) is 0. The average molecular weight is 326 g/mol. The van der Waals surface area contributed by atoms with Gasteiger partial charge >= 0.3 is 108 Å². The Bertz CT molecular complexity index is 89.5. The van der Waals surface area contributed by atoms with Crippen molar-refractivity contribution in [2.24, 2.45) is 0 Å². The summed E-state index contributed by atoms with van der Waals surface area (Å²) in [7, 11) is 0. The molecule has 0 aliphatic carbocycles. The first-order chi connectivity index (χ1) is 7.41. The van der Waals surface area contributed by atoms with Crippen LogP contribution in [0.3, 0.4) is 0 Å². The molecule has 0 nitrogen and oxygen atoms in total. The van der Waals surface area contributed by atoms with Gasteiger partial charge in [-0.1, -0.05) is 0 Å². The zero-order valence-electron chi connectivity index (χ0n) is 10.9. The van der Waals surface area contributed by atoms with Gasteiger partial charge in [-0.25, -0.2) is 0 Å². The van der Waals surface area contributed by atoms with Crippen LogP contribution in [-0.4, -0.2) is 20.9 Å². The molecule has 0 unspecified atom stereocenters. The Labute approximate surface area is 108 Å². The predicted molar refractivity (Wildman–Crippen MR) is 72.9 cm³/mol. The zero-order valence-corrected chi connectivity index (χ0v) is 13.2. The normalized spacial score (nSPS) is 10.8. The van der Waals surface area contributed by atoms with Crippen molar-refractivity contribution in [1.29, 1.82) is 0 Å². The molecule has 0 radical (unpaired) electrons. The maximum absolute atomic E-state index is 2.30. The molecule has 0 heterocycles. The van der Waals surface area contributed by atoms with Crippen molar-refractivity contribution < 1.29 is 0 Å². The van der Waals surface area contributed by atoms with Crippen LogP contribution >= 0.6 is 0 Å². The van der Waals surface area contributed by atoms with E-state index in [1.54, 1.807) is 8.94 Å². The first-order valence-electron chi connectivity index (χ1n) is 6.99. The molecule has 0 saturated carbocycles. The number of hydrogen-bond donors (Lipinski definition) is 0. The van der Waals surface area contributed by atoms with Gasteiger partial charge in [0.05, 0.1) is 0 Å². The van der Waals surface area contributed by atoms with Crippen LogP contribution < -0.4 is 0 Å². The molecule has 0 fully saturated rings. The van der Waals surface area contributed by atoms with Crippen molar-refractivity contribution in [1.82, 2.24) is 0 Å². The van der Waals surface area contributed by atoms with E-state index < -0.39 is 0 Å². The molecule has 92 valence electrons. The summed E-state index contributed by atoms with van der Waals surface area (Å²) in [6, 6.07) is 0. The third kappa shape index (κ3) is 14.8. The Balaban J connectivity index is 2.81. The molecule has 1 heteroatoms. The van der Waals surface area contributed by atoms with Crippen LogP contribution in [0, 0.1) is 0 Å². The summed E-state index contributed by atoms with van der Waals surface area (Å²) >= 11 is 0.416. The Kier molecular flexibility index (Phi) is 15.6. The minimum atomic E-state index is 0.416. The van der Waals surface area contributed by atoms with E-state index in [2.05, 4.69) is 13.8 Å². The number of unbranched alkanes of at least 4 members (excludes halogenated alkanes) is 8. The summed E-state index contributed by atoms with van der Waals surface area (Å²) in [5, 5.41) is 0. The van der Waals surface area contributed by atoms with Gasteiger partial charge < -0.3 is 0 Å². The van der Waals surface area contributed by atoms with E-state index in [-0.39, 0.29) is 0 Å². The van der Waals surface area contributed by atoms with E-state index >= 15 is 0 Å². The fraction of sp³-hybridized carbons (Fsp3) is 1.00. The molecule has 0 aromatic heterocycles. The monoisotopic (exact) mass is 328 g/mol. The Hall–Kier alpha value is 0.790. The molecule has 0 aromatic rings. The summed E-state index contributed by atoms with van der Waals surface area (Å²) in [6.07, 6.45) is 14.7. The van der Waals surface area contributed by atoms with Crippen LogP contribution in [0.1, 0.15) is 78.1 Å². The zero-order chi connectivity index (χ0) is 11.2. The van der Waals surface area contributed by atoms with Crippen LogP contribution in [0.2, 0.25) is 8.94 Å². The molecular formula is C14H30Te. The molecule has 0 N–H and O–H groups in total. The molecule has 0 aliphatic rings. The molecule has 0 bridgehead atoms. The standard InChI is InChI=1S/C14H30Te/c1-3-5-7-9-11-13-15-14-12-10-8-6-4-2/h3-14H2,1-2H3. The molecule has 0 saturated heterocycles. The molecule has 0 atom stereocenters. The van der Waals surface area contributed by atoms with Crippen LogP contribution in [0.4, 0.5) is 0 Å². The van der Waals surface area contributed by atoms with Crippen LogP contribution in [0.5, 0.6) is 0 Å². The quantitative estimate of drug-likeness (QED) is 0.330. The van der Waals surface area contributed by atoms with E-state index in [1.165, 1.54) is 64.2 Å². The van der Waals surface area contributed by atoms with Crippen LogP contribution in [0.25, 0.3) is 0 Å². The van der Waals surface area contributed by atoms with Crippen molar-refractivity contribution in [3.63, 3.8) is 0 Å². The third-order valence-corrected chi connectivity index (χ3v) is 6.08. The first-order valence-corrected chi connectivity index (χ1v) is 10.3. The van der Waals surface area contributed by atoms with Gasteiger partial charge in [0.1, 0.15) is 0 Å². The Morgan fingerprint density at radius 1 is 0.533 bits per heavy atom. The van der Waals surface area contributed by atoms with Crippen LogP contribution in [0.15, 0.2) is 0 Å². The summed E-state index contributed by atoms with van der Waals surface area (Å²) < 4.78 is 3.23. The fourth-order valence-corrected chi connectivity index (χ4v) is 4.63. The molecule has 15 heavy (non-hydrogen) atoms. The third-order valence-electron chi connectivity index (χ3n) is 2.78. The van der Waals surface area contributed by atoms with Crippen molar-refractivity contribution in [3.05, 3.63) is 0 Å². The Morgan fingerprint density at radius 2 is 0.933 bits per heavy atom. The van der Waals surface area contributed by atoms with Gasteiger partial charge in [0.2, 0.25) is 0 Å². The minimum absolute atomic E-state index is 0.416. The molecule has 0 spiro atoms. The van der Waals surface area contributed by atoms with Crippen molar-refractivity contribution >= 4 is 20.9 Å². The fourth-order valence-electron chi connectivity index (χ4n) is 1.72. The van der Waals surface area contributed by atoms with Gasteiger partial charge in [-0.05, 0) is 0 Å². The molecule has 0 aliphatic heterocycles. The van der Waals surface area contributed by atoms with E-state index in [9.17, 15) is 0 Å². The van der Waals surface area contributed by atoms with Gasteiger partial charge in [0, 0.05) is 0 Å². The average Bonchev–Trinajstić information content (AvgIpc) is 2.26. The maximum atomic E-state index is 2.30. The second kappa shape index (κ2) is 14.8. The van der Waals surface area contributed by atoms with Crippen molar-refractivity contribution in [2.45, 2.75) is 87.0 Å². The first kappa shape index (κ1) is 15.8. The van der Waals surface area contributed by atoms with Gasteiger partial charge in [-0.3, -0.25) is 0 Å². The van der Waals surface area contributed by atoms with E-state index in [1.807, 2.05) is 0 Å². The van der Waals surface area contributed by atoms with E-state index in [4.69, 9.17) is 0 Å². The van der Waals surface area contributed by atoms with Crippen molar-refractivity contribution in [2.75, 3.05) is 0 Å². The van der Waals surface area contributed by atoms with Gasteiger partial charge in [-0.15, -0.1) is 0 Å². The van der Waals surface area contributed by atoms with Crippen LogP contribution in [-0.2, 0) is 0 Å². The summed E-state index contributed by atoms with van der Waals surface area (Å²) in [6.45, 7) is 4.59. The molecular weight excluding hydrogens is 296 g/mol. The van der Waals surface area contributed by atoms with Gasteiger partial charge in [-0.2, -0.15) is 0 Å². The summed E-state index contributed by atoms with van der Waals surface area (Å²) in [5.74, 6) is 0. The topological polar surface area (TPSA) is 0 Å².